The third kappa shape index (κ3) is 4.19. The first kappa shape index (κ1) is 19.4. The van der Waals surface area contributed by atoms with E-state index in [4.69, 9.17) is 0 Å². The molecule has 0 radical (unpaired) electrons. The number of nitrogens with zero attached hydrogens (tertiary/aromatic N) is 1. The van der Waals surface area contributed by atoms with Crippen molar-refractivity contribution in [3.63, 3.8) is 0 Å². The van der Waals surface area contributed by atoms with Gasteiger partial charge >= 0.3 is 5.97 Å². The van der Waals surface area contributed by atoms with E-state index in [-0.39, 0.29) is 17.9 Å². The Morgan fingerprint density at radius 1 is 1.32 bits per heavy atom. The largest absolute Gasteiger partial charge is 0.480 e. The number of rotatable bonds is 6. The fourth-order valence-electron chi connectivity index (χ4n) is 2.78. The Hall–Kier alpha value is -1.93. The molecule has 0 bridgehead atoms. The Morgan fingerprint density at radius 3 is 2.52 bits per heavy atom. The highest BCUT2D eigenvalue weighted by molar-refractivity contribution is 7.89. The maximum atomic E-state index is 12.7. The lowest BCUT2D eigenvalue weighted by Crippen LogP contribution is -2.55. The summed E-state index contributed by atoms with van der Waals surface area (Å²) in [5.41, 5.74) is -1.35. The summed E-state index contributed by atoms with van der Waals surface area (Å²) in [5.74, 6) is -2.08. The van der Waals surface area contributed by atoms with Crippen molar-refractivity contribution in [3.8, 4) is 0 Å². The Balaban J connectivity index is 2.13. The molecule has 138 valence electrons. The van der Waals surface area contributed by atoms with Gasteiger partial charge in [0.25, 0.3) is 0 Å². The number of sulfonamides is 1. The van der Waals surface area contributed by atoms with Crippen molar-refractivity contribution in [2.75, 3.05) is 13.1 Å². The zero-order valence-electron chi connectivity index (χ0n) is 14.4. The number of hydrogen-bond acceptors (Lipinski definition) is 4. The van der Waals surface area contributed by atoms with Crippen molar-refractivity contribution in [3.05, 3.63) is 30.3 Å². The van der Waals surface area contributed by atoms with Crippen molar-refractivity contribution in [1.29, 1.82) is 0 Å². The normalized spacial score (nSPS) is 21.3. The minimum absolute atomic E-state index is 0.0580. The summed E-state index contributed by atoms with van der Waals surface area (Å²) < 4.78 is 26.7. The number of carboxylic acids is 1. The van der Waals surface area contributed by atoms with Crippen LogP contribution in [0.15, 0.2) is 35.2 Å². The molecule has 1 fully saturated rings. The average molecular weight is 368 g/mol. The topological polar surface area (TPSA) is 104 Å². The second-order valence-electron chi connectivity index (χ2n) is 6.50. The van der Waals surface area contributed by atoms with Crippen LogP contribution >= 0.6 is 0 Å². The number of carbonyl (C=O) groups is 2. The van der Waals surface area contributed by atoms with Crippen LogP contribution in [0.1, 0.15) is 33.1 Å². The SMILES string of the molecule is CCC(C)(NC(=O)C1CCCN(S(=O)(=O)c2ccccc2)C1)C(=O)O. The van der Waals surface area contributed by atoms with Gasteiger partial charge in [-0.2, -0.15) is 4.31 Å². The molecule has 1 aromatic rings. The van der Waals surface area contributed by atoms with E-state index in [9.17, 15) is 23.1 Å². The smallest absolute Gasteiger partial charge is 0.329 e. The second kappa shape index (κ2) is 7.53. The monoisotopic (exact) mass is 368 g/mol. The van der Waals surface area contributed by atoms with Crippen molar-refractivity contribution in [2.45, 2.75) is 43.5 Å². The Bertz CT molecular complexity index is 735. The van der Waals surface area contributed by atoms with E-state index in [1.165, 1.54) is 23.4 Å². The number of carbonyl (C=O) groups excluding carboxylic acids is 1. The van der Waals surface area contributed by atoms with Gasteiger partial charge in [-0.25, -0.2) is 13.2 Å². The first-order valence-corrected chi connectivity index (χ1v) is 9.75. The average Bonchev–Trinajstić information content (AvgIpc) is 2.62. The summed E-state index contributed by atoms with van der Waals surface area (Å²) in [6.07, 6.45) is 1.33. The van der Waals surface area contributed by atoms with E-state index < -0.39 is 33.4 Å². The molecule has 8 heteroatoms. The van der Waals surface area contributed by atoms with Crippen LogP contribution in [0.4, 0.5) is 0 Å². The maximum Gasteiger partial charge on any atom is 0.329 e. The quantitative estimate of drug-likeness (QED) is 0.791. The van der Waals surface area contributed by atoms with Gasteiger partial charge in [-0.15, -0.1) is 0 Å². The number of piperidine rings is 1. The Kier molecular flexibility index (Phi) is 5.84. The molecule has 1 saturated heterocycles. The molecule has 2 atom stereocenters. The third-order valence-corrected chi connectivity index (χ3v) is 6.59. The van der Waals surface area contributed by atoms with Crippen LogP contribution in [0.2, 0.25) is 0 Å². The molecule has 1 aliphatic heterocycles. The minimum atomic E-state index is -3.66. The predicted molar refractivity (Wildman–Crippen MR) is 92.4 cm³/mol. The zero-order chi connectivity index (χ0) is 18.7. The lowest BCUT2D eigenvalue weighted by Gasteiger charge is -2.33. The molecule has 1 amide bonds. The molecule has 0 spiro atoms. The van der Waals surface area contributed by atoms with Crippen LogP contribution in [0.5, 0.6) is 0 Å². The highest BCUT2D eigenvalue weighted by Gasteiger charge is 2.38. The third-order valence-electron chi connectivity index (χ3n) is 4.71. The van der Waals surface area contributed by atoms with E-state index >= 15 is 0 Å². The molecule has 2 rings (SSSR count). The predicted octanol–water partition coefficient (Wildman–Crippen LogP) is 1.46. The van der Waals surface area contributed by atoms with Crippen LogP contribution in [-0.2, 0) is 19.6 Å². The fraction of sp³-hybridized carbons (Fsp3) is 0.529. The van der Waals surface area contributed by atoms with Gasteiger partial charge in [0.1, 0.15) is 5.54 Å². The molecule has 1 heterocycles. The highest BCUT2D eigenvalue weighted by atomic mass is 32.2. The molecule has 7 nitrogen and oxygen atoms in total. The fourth-order valence-corrected chi connectivity index (χ4v) is 4.33. The van der Waals surface area contributed by atoms with Crippen LogP contribution in [0, 0.1) is 5.92 Å². The van der Waals surface area contributed by atoms with Gasteiger partial charge in [0.15, 0.2) is 0 Å². The van der Waals surface area contributed by atoms with Gasteiger partial charge in [0, 0.05) is 13.1 Å². The van der Waals surface area contributed by atoms with Gasteiger partial charge in [0.2, 0.25) is 15.9 Å². The summed E-state index contributed by atoms with van der Waals surface area (Å²) in [7, 11) is -3.66. The number of benzene rings is 1. The molecule has 1 aromatic carbocycles. The number of amides is 1. The van der Waals surface area contributed by atoms with E-state index in [0.717, 1.165) is 0 Å². The van der Waals surface area contributed by atoms with Gasteiger partial charge in [0.05, 0.1) is 10.8 Å². The molecule has 0 saturated carbocycles. The van der Waals surface area contributed by atoms with E-state index in [0.29, 0.717) is 19.4 Å². The van der Waals surface area contributed by atoms with E-state index in [2.05, 4.69) is 5.32 Å². The Morgan fingerprint density at radius 2 is 1.96 bits per heavy atom. The van der Waals surface area contributed by atoms with Gasteiger partial charge in [-0.3, -0.25) is 4.79 Å². The molecule has 0 aliphatic carbocycles. The second-order valence-corrected chi connectivity index (χ2v) is 8.43. The lowest BCUT2D eigenvalue weighted by molar-refractivity contribution is -0.147. The summed E-state index contributed by atoms with van der Waals surface area (Å²) in [6, 6.07) is 8.10. The lowest BCUT2D eigenvalue weighted by atomic mass is 9.94. The number of aliphatic carboxylic acids is 1. The van der Waals surface area contributed by atoms with Gasteiger partial charge in [-0.1, -0.05) is 25.1 Å². The highest BCUT2D eigenvalue weighted by Crippen LogP contribution is 2.24. The number of carboxylic acid groups (broad SMARTS) is 1. The first-order valence-electron chi connectivity index (χ1n) is 8.31. The number of hydrogen-bond donors (Lipinski definition) is 2. The van der Waals surface area contributed by atoms with Crippen LogP contribution in [0.25, 0.3) is 0 Å². The van der Waals surface area contributed by atoms with E-state index in [1.807, 2.05) is 0 Å². The molecule has 2 unspecified atom stereocenters. The maximum absolute atomic E-state index is 12.7. The van der Waals surface area contributed by atoms with Crippen molar-refractivity contribution >= 4 is 21.9 Å². The van der Waals surface area contributed by atoms with Crippen LogP contribution in [-0.4, -0.2) is 48.3 Å². The summed E-state index contributed by atoms with van der Waals surface area (Å²) in [5, 5.41) is 11.9. The van der Waals surface area contributed by atoms with Crippen molar-refractivity contribution in [2.24, 2.45) is 5.92 Å². The van der Waals surface area contributed by atoms with Crippen LogP contribution in [0.3, 0.4) is 0 Å². The van der Waals surface area contributed by atoms with Crippen LogP contribution < -0.4 is 5.32 Å². The zero-order valence-corrected chi connectivity index (χ0v) is 15.3. The minimum Gasteiger partial charge on any atom is -0.480 e. The molecule has 0 aromatic heterocycles. The van der Waals surface area contributed by atoms with Crippen molar-refractivity contribution < 1.29 is 23.1 Å². The van der Waals surface area contributed by atoms with Crippen molar-refractivity contribution in [1.82, 2.24) is 9.62 Å². The first-order chi connectivity index (χ1) is 11.7. The Labute approximate surface area is 148 Å². The summed E-state index contributed by atoms with van der Waals surface area (Å²) in [6.45, 7) is 3.55. The molecular formula is C17H24N2O5S. The van der Waals surface area contributed by atoms with Gasteiger partial charge in [-0.05, 0) is 38.3 Å². The molecule has 1 aliphatic rings. The molecular weight excluding hydrogens is 344 g/mol. The van der Waals surface area contributed by atoms with E-state index in [1.54, 1.807) is 25.1 Å². The summed E-state index contributed by atoms with van der Waals surface area (Å²) >= 11 is 0. The van der Waals surface area contributed by atoms with Gasteiger partial charge < -0.3 is 10.4 Å². The summed E-state index contributed by atoms with van der Waals surface area (Å²) in [4.78, 5) is 24.0. The standard InChI is InChI=1S/C17H24N2O5S/c1-3-17(2,16(21)22)18-15(20)13-8-7-11-19(12-13)25(23,24)14-9-5-4-6-10-14/h4-6,9-10,13H,3,7-8,11-12H2,1-2H3,(H,18,20)(H,21,22). The molecule has 25 heavy (non-hydrogen) atoms. The molecule has 2 N–H and O–H groups in total. The number of nitrogens with one attached hydrogen (secondary N) is 1.